The molecule has 0 radical (unpaired) electrons. The third-order valence-electron chi connectivity index (χ3n) is 3.09. The molecule has 18 heavy (non-hydrogen) atoms. The van der Waals surface area contributed by atoms with Gasteiger partial charge in [-0.25, -0.2) is 10.3 Å². The van der Waals surface area contributed by atoms with E-state index < -0.39 is 17.5 Å². The highest BCUT2D eigenvalue weighted by Crippen LogP contribution is 2.24. The molecule has 1 aliphatic heterocycles. The molecule has 1 rings (SSSR count). The predicted molar refractivity (Wildman–Crippen MR) is 63.3 cm³/mol. The standard InChI is InChI=1S/C11H19N3O4/c1-4-11(5-2)9(16)14(10(17)12-11)7-8(15)13-18-6-3/h4-7H2,1-3H3,(H,12,17)(H,13,15). The second-order valence-corrected chi connectivity index (χ2v) is 4.07. The van der Waals surface area contributed by atoms with Gasteiger partial charge in [-0.15, -0.1) is 0 Å². The number of hydrogen-bond acceptors (Lipinski definition) is 4. The average molecular weight is 257 g/mol. The Morgan fingerprint density at radius 2 is 1.94 bits per heavy atom. The first-order valence-corrected chi connectivity index (χ1v) is 6.05. The Balaban J connectivity index is 2.70. The highest BCUT2D eigenvalue weighted by molar-refractivity contribution is 6.08. The van der Waals surface area contributed by atoms with Crippen LogP contribution in [0.1, 0.15) is 33.6 Å². The molecule has 0 unspecified atom stereocenters. The summed E-state index contributed by atoms with van der Waals surface area (Å²) in [6.45, 7) is 5.36. The molecule has 1 fully saturated rings. The van der Waals surface area contributed by atoms with Crippen LogP contribution in [0.4, 0.5) is 4.79 Å². The summed E-state index contributed by atoms with van der Waals surface area (Å²) < 4.78 is 0. The lowest BCUT2D eigenvalue weighted by Crippen LogP contribution is -2.46. The number of hydrogen-bond donors (Lipinski definition) is 2. The summed E-state index contributed by atoms with van der Waals surface area (Å²) in [6, 6.07) is -0.532. The molecule has 0 aromatic heterocycles. The van der Waals surface area contributed by atoms with Crippen LogP contribution >= 0.6 is 0 Å². The van der Waals surface area contributed by atoms with E-state index in [1.54, 1.807) is 6.92 Å². The van der Waals surface area contributed by atoms with Gasteiger partial charge in [-0.2, -0.15) is 0 Å². The average Bonchev–Trinajstić information content (AvgIpc) is 2.61. The van der Waals surface area contributed by atoms with E-state index >= 15 is 0 Å². The maximum Gasteiger partial charge on any atom is 0.325 e. The molecule has 102 valence electrons. The summed E-state index contributed by atoms with van der Waals surface area (Å²) in [7, 11) is 0. The molecule has 1 heterocycles. The van der Waals surface area contributed by atoms with Gasteiger partial charge in [-0.1, -0.05) is 13.8 Å². The van der Waals surface area contributed by atoms with Gasteiger partial charge >= 0.3 is 6.03 Å². The van der Waals surface area contributed by atoms with Gasteiger partial charge in [-0.05, 0) is 19.8 Å². The molecule has 0 aromatic rings. The van der Waals surface area contributed by atoms with Crippen molar-refractivity contribution in [2.45, 2.75) is 39.2 Å². The van der Waals surface area contributed by atoms with E-state index in [9.17, 15) is 14.4 Å². The molecular formula is C11H19N3O4. The second-order valence-electron chi connectivity index (χ2n) is 4.07. The van der Waals surface area contributed by atoms with Crippen molar-refractivity contribution in [2.75, 3.05) is 13.2 Å². The zero-order valence-corrected chi connectivity index (χ0v) is 10.9. The minimum Gasteiger partial charge on any atom is -0.323 e. The summed E-state index contributed by atoms with van der Waals surface area (Å²) in [5, 5.41) is 2.64. The fourth-order valence-electron chi connectivity index (χ4n) is 1.88. The van der Waals surface area contributed by atoms with Gasteiger partial charge in [0.1, 0.15) is 12.1 Å². The second kappa shape index (κ2) is 5.81. The molecule has 0 aliphatic carbocycles. The van der Waals surface area contributed by atoms with Gasteiger partial charge < -0.3 is 5.32 Å². The summed E-state index contributed by atoms with van der Waals surface area (Å²) in [6.07, 6.45) is 0.995. The summed E-state index contributed by atoms with van der Waals surface area (Å²) in [4.78, 5) is 40.9. The molecule has 2 N–H and O–H groups in total. The number of carbonyl (C=O) groups excluding carboxylic acids is 3. The molecule has 7 nitrogen and oxygen atoms in total. The molecule has 1 aliphatic rings. The lowest BCUT2D eigenvalue weighted by atomic mass is 9.93. The van der Waals surface area contributed by atoms with Crippen molar-refractivity contribution in [2.24, 2.45) is 0 Å². The zero-order chi connectivity index (χ0) is 13.8. The van der Waals surface area contributed by atoms with Crippen molar-refractivity contribution in [3.63, 3.8) is 0 Å². The van der Waals surface area contributed by atoms with E-state index in [0.717, 1.165) is 4.90 Å². The Morgan fingerprint density at radius 1 is 1.33 bits per heavy atom. The van der Waals surface area contributed by atoms with E-state index in [1.807, 2.05) is 13.8 Å². The Morgan fingerprint density at radius 3 is 2.39 bits per heavy atom. The minimum absolute atomic E-state index is 0.319. The number of hydroxylamine groups is 1. The fourth-order valence-corrected chi connectivity index (χ4v) is 1.88. The molecule has 0 saturated carbocycles. The van der Waals surface area contributed by atoms with Crippen molar-refractivity contribution < 1.29 is 19.2 Å². The predicted octanol–water partition coefficient (Wildman–Crippen LogP) is 0.165. The van der Waals surface area contributed by atoms with Crippen molar-refractivity contribution in [1.82, 2.24) is 15.7 Å². The van der Waals surface area contributed by atoms with E-state index in [-0.39, 0.29) is 12.5 Å². The Kier molecular flexibility index (Phi) is 4.66. The Labute approximate surface area is 106 Å². The first-order valence-electron chi connectivity index (χ1n) is 6.05. The topological polar surface area (TPSA) is 87.7 Å². The van der Waals surface area contributed by atoms with Crippen LogP contribution in [0.15, 0.2) is 0 Å². The van der Waals surface area contributed by atoms with Crippen molar-refractivity contribution in [3.05, 3.63) is 0 Å². The normalized spacial score (nSPS) is 17.8. The molecule has 4 amide bonds. The number of carbonyl (C=O) groups is 3. The van der Waals surface area contributed by atoms with Crippen LogP contribution in [0, 0.1) is 0 Å². The SMILES string of the molecule is CCONC(=O)CN1C(=O)NC(CC)(CC)C1=O. The van der Waals surface area contributed by atoms with Crippen molar-refractivity contribution in [1.29, 1.82) is 0 Å². The Bertz CT molecular complexity index is 352. The van der Waals surface area contributed by atoms with E-state index in [1.165, 1.54) is 0 Å². The first kappa shape index (κ1) is 14.4. The first-order chi connectivity index (χ1) is 8.50. The minimum atomic E-state index is -0.872. The van der Waals surface area contributed by atoms with Gasteiger partial charge in [0, 0.05) is 0 Å². The quantitative estimate of drug-likeness (QED) is 0.524. The van der Waals surface area contributed by atoms with Gasteiger partial charge in [0.15, 0.2) is 0 Å². The van der Waals surface area contributed by atoms with Crippen LogP contribution in [0.25, 0.3) is 0 Å². The fraction of sp³-hybridized carbons (Fsp3) is 0.727. The highest BCUT2D eigenvalue weighted by atomic mass is 16.6. The van der Waals surface area contributed by atoms with E-state index in [4.69, 9.17) is 4.84 Å². The van der Waals surface area contributed by atoms with Crippen LogP contribution in [0.3, 0.4) is 0 Å². The molecule has 0 aromatic carbocycles. The summed E-state index contributed by atoms with van der Waals surface area (Å²) >= 11 is 0. The van der Waals surface area contributed by atoms with Crippen LogP contribution in [-0.4, -0.2) is 41.4 Å². The Hall–Kier alpha value is -1.63. The largest absolute Gasteiger partial charge is 0.325 e. The number of urea groups is 1. The number of rotatable bonds is 6. The van der Waals surface area contributed by atoms with Crippen LogP contribution in [0.2, 0.25) is 0 Å². The monoisotopic (exact) mass is 257 g/mol. The molecule has 0 bridgehead atoms. The number of nitrogens with one attached hydrogen (secondary N) is 2. The molecule has 0 spiro atoms. The lowest BCUT2D eigenvalue weighted by molar-refractivity contribution is -0.140. The van der Waals surface area contributed by atoms with Gasteiger partial charge in [0.05, 0.1) is 6.61 Å². The van der Waals surface area contributed by atoms with Gasteiger partial charge in [0.2, 0.25) is 0 Å². The van der Waals surface area contributed by atoms with E-state index in [2.05, 4.69) is 10.8 Å². The van der Waals surface area contributed by atoms with Crippen LogP contribution in [-0.2, 0) is 14.4 Å². The van der Waals surface area contributed by atoms with Crippen molar-refractivity contribution in [3.8, 4) is 0 Å². The third kappa shape index (κ3) is 2.61. The zero-order valence-electron chi connectivity index (χ0n) is 10.9. The smallest absolute Gasteiger partial charge is 0.323 e. The molecular weight excluding hydrogens is 238 g/mol. The highest BCUT2D eigenvalue weighted by Gasteiger charge is 2.49. The van der Waals surface area contributed by atoms with Crippen LogP contribution in [0.5, 0.6) is 0 Å². The lowest BCUT2D eigenvalue weighted by Gasteiger charge is -2.22. The van der Waals surface area contributed by atoms with Crippen molar-refractivity contribution >= 4 is 17.8 Å². The van der Waals surface area contributed by atoms with Gasteiger partial charge in [-0.3, -0.25) is 19.3 Å². The van der Waals surface area contributed by atoms with E-state index in [0.29, 0.717) is 19.4 Å². The third-order valence-corrected chi connectivity index (χ3v) is 3.09. The molecule has 1 saturated heterocycles. The number of amides is 4. The van der Waals surface area contributed by atoms with Gasteiger partial charge in [0.25, 0.3) is 11.8 Å². The molecule has 0 atom stereocenters. The summed E-state index contributed by atoms with van der Waals surface area (Å²) in [5.41, 5.74) is 1.28. The summed E-state index contributed by atoms with van der Waals surface area (Å²) in [5.74, 6) is -0.882. The number of nitrogens with zero attached hydrogens (tertiary/aromatic N) is 1. The number of imide groups is 1. The maximum absolute atomic E-state index is 12.1. The van der Waals surface area contributed by atoms with Crippen LogP contribution < -0.4 is 10.8 Å². The molecule has 7 heteroatoms. The maximum atomic E-state index is 12.1.